The van der Waals surface area contributed by atoms with Crippen LogP contribution in [0.5, 0.6) is 0 Å². The molecule has 3 heteroatoms. The maximum absolute atomic E-state index is 13.1. The van der Waals surface area contributed by atoms with Crippen molar-refractivity contribution in [1.82, 2.24) is 0 Å². The standard InChI is InChI=1S/C12H17FN2/c13-10-4-1-3-9(7-10)11(15)12(8-14)5-2-6-12/h1,3-4,7,11H,2,5-6,8,14-15H2. The van der Waals surface area contributed by atoms with Crippen LogP contribution >= 0.6 is 0 Å². The lowest BCUT2D eigenvalue weighted by molar-refractivity contribution is 0.104. The summed E-state index contributed by atoms with van der Waals surface area (Å²) in [5.41, 5.74) is 12.8. The Bertz CT molecular complexity index is 342. The largest absolute Gasteiger partial charge is 0.330 e. The molecule has 2 nitrogen and oxygen atoms in total. The highest BCUT2D eigenvalue weighted by atomic mass is 19.1. The first kappa shape index (κ1) is 10.6. The number of hydrogen-bond acceptors (Lipinski definition) is 2. The highest BCUT2D eigenvalue weighted by Crippen LogP contribution is 2.48. The molecule has 2 rings (SSSR count). The lowest BCUT2D eigenvalue weighted by Gasteiger charge is -2.45. The van der Waals surface area contributed by atoms with E-state index in [2.05, 4.69) is 0 Å². The zero-order chi connectivity index (χ0) is 10.9. The van der Waals surface area contributed by atoms with Gasteiger partial charge in [0, 0.05) is 11.5 Å². The molecule has 15 heavy (non-hydrogen) atoms. The van der Waals surface area contributed by atoms with E-state index in [0.717, 1.165) is 18.4 Å². The lowest BCUT2D eigenvalue weighted by atomic mass is 9.63. The Morgan fingerprint density at radius 2 is 2.13 bits per heavy atom. The summed E-state index contributed by atoms with van der Waals surface area (Å²) in [5, 5.41) is 0. The normalized spacial score (nSPS) is 20.7. The fourth-order valence-electron chi connectivity index (χ4n) is 2.33. The number of rotatable bonds is 3. The minimum absolute atomic E-state index is 0.00773. The van der Waals surface area contributed by atoms with Crippen molar-refractivity contribution < 1.29 is 4.39 Å². The molecule has 1 fully saturated rings. The minimum Gasteiger partial charge on any atom is -0.330 e. The van der Waals surface area contributed by atoms with Crippen molar-refractivity contribution in [2.75, 3.05) is 6.54 Å². The Hall–Kier alpha value is -0.930. The summed E-state index contributed by atoms with van der Waals surface area (Å²) < 4.78 is 13.1. The molecular formula is C12H17FN2. The summed E-state index contributed by atoms with van der Waals surface area (Å²) in [6, 6.07) is 6.40. The van der Waals surface area contributed by atoms with Crippen molar-refractivity contribution in [3.8, 4) is 0 Å². The van der Waals surface area contributed by atoms with Crippen molar-refractivity contribution in [3.05, 3.63) is 35.6 Å². The average Bonchev–Trinajstić information content (AvgIpc) is 2.17. The molecule has 1 unspecified atom stereocenters. The number of hydrogen-bond donors (Lipinski definition) is 2. The molecule has 0 amide bonds. The van der Waals surface area contributed by atoms with Crippen molar-refractivity contribution >= 4 is 0 Å². The first-order valence-electron chi connectivity index (χ1n) is 5.39. The van der Waals surface area contributed by atoms with E-state index in [1.807, 2.05) is 6.07 Å². The molecule has 1 aliphatic rings. The van der Waals surface area contributed by atoms with E-state index in [1.165, 1.54) is 18.6 Å². The van der Waals surface area contributed by atoms with Gasteiger partial charge in [-0.1, -0.05) is 18.6 Å². The summed E-state index contributed by atoms with van der Waals surface area (Å²) in [5.74, 6) is -0.227. The third-order valence-corrected chi connectivity index (χ3v) is 3.62. The molecule has 1 saturated carbocycles. The van der Waals surface area contributed by atoms with Gasteiger partial charge in [-0.05, 0) is 37.1 Å². The van der Waals surface area contributed by atoms with Gasteiger partial charge in [0.25, 0.3) is 0 Å². The molecule has 82 valence electrons. The van der Waals surface area contributed by atoms with E-state index < -0.39 is 0 Å². The van der Waals surface area contributed by atoms with Crippen LogP contribution in [0.3, 0.4) is 0 Å². The molecule has 0 heterocycles. The van der Waals surface area contributed by atoms with Crippen molar-refractivity contribution in [1.29, 1.82) is 0 Å². The monoisotopic (exact) mass is 208 g/mol. The first-order chi connectivity index (χ1) is 7.18. The van der Waals surface area contributed by atoms with Crippen LogP contribution in [0.25, 0.3) is 0 Å². The van der Waals surface area contributed by atoms with E-state index in [4.69, 9.17) is 11.5 Å². The molecule has 1 atom stereocenters. The van der Waals surface area contributed by atoms with Gasteiger partial charge in [0.05, 0.1) is 0 Å². The van der Waals surface area contributed by atoms with Crippen molar-refractivity contribution in [2.45, 2.75) is 25.3 Å². The molecule has 0 saturated heterocycles. The molecule has 1 aromatic rings. The third-order valence-electron chi connectivity index (χ3n) is 3.62. The zero-order valence-corrected chi connectivity index (χ0v) is 8.75. The highest BCUT2D eigenvalue weighted by molar-refractivity contribution is 5.23. The maximum atomic E-state index is 13.1. The van der Waals surface area contributed by atoms with E-state index in [9.17, 15) is 4.39 Å². The number of halogens is 1. The highest BCUT2D eigenvalue weighted by Gasteiger charge is 2.41. The van der Waals surface area contributed by atoms with Gasteiger partial charge in [-0.25, -0.2) is 4.39 Å². The molecule has 0 aromatic heterocycles. The Morgan fingerprint density at radius 3 is 2.60 bits per heavy atom. The molecule has 0 aliphatic heterocycles. The van der Waals surface area contributed by atoms with Gasteiger partial charge in [0.2, 0.25) is 0 Å². The second-order valence-corrected chi connectivity index (χ2v) is 4.45. The summed E-state index contributed by atoms with van der Waals surface area (Å²) in [6.07, 6.45) is 3.29. The summed E-state index contributed by atoms with van der Waals surface area (Å²) in [7, 11) is 0. The Kier molecular flexibility index (Phi) is 2.76. The van der Waals surface area contributed by atoms with Crippen LogP contribution in [0.15, 0.2) is 24.3 Å². The van der Waals surface area contributed by atoms with Crippen LogP contribution in [-0.2, 0) is 0 Å². The zero-order valence-electron chi connectivity index (χ0n) is 8.75. The van der Waals surface area contributed by atoms with Crippen LogP contribution < -0.4 is 11.5 Å². The van der Waals surface area contributed by atoms with Gasteiger partial charge in [-0.2, -0.15) is 0 Å². The average molecular weight is 208 g/mol. The van der Waals surface area contributed by atoms with Crippen LogP contribution in [0.2, 0.25) is 0 Å². The number of nitrogens with two attached hydrogens (primary N) is 2. The first-order valence-corrected chi connectivity index (χ1v) is 5.39. The van der Waals surface area contributed by atoms with E-state index in [1.54, 1.807) is 6.07 Å². The fourth-order valence-corrected chi connectivity index (χ4v) is 2.33. The predicted molar refractivity (Wildman–Crippen MR) is 58.7 cm³/mol. The smallest absolute Gasteiger partial charge is 0.123 e. The second-order valence-electron chi connectivity index (χ2n) is 4.45. The van der Waals surface area contributed by atoms with Crippen LogP contribution in [0.1, 0.15) is 30.9 Å². The minimum atomic E-state index is -0.227. The SMILES string of the molecule is NCC1(C(N)c2cccc(F)c2)CCC1. The van der Waals surface area contributed by atoms with E-state index in [-0.39, 0.29) is 17.3 Å². The quantitative estimate of drug-likeness (QED) is 0.797. The fraction of sp³-hybridized carbons (Fsp3) is 0.500. The van der Waals surface area contributed by atoms with Crippen LogP contribution in [0, 0.1) is 11.2 Å². The van der Waals surface area contributed by atoms with Crippen LogP contribution in [0.4, 0.5) is 4.39 Å². The Labute approximate surface area is 89.5 Å². The maximum Gasteiger partial charge on any atom is 0.123 e. The molecule has 1 aromatic carbocycles. The molecule has 0 radical (unpaired) electrons. The van der Waals surface area contributed by atoms with Gasteiger partial charge < -0.3 is 11.5 Å². The van der Waals surface area contributed by atoms with Gasteiger partial charge in [0.1, 0.15) is 5.82 Å². The molecular weight excluding hydrogens is 191 g/mol. The predicted octanol–water partition coefficient (Wildman–Crippen LogP) is 1.95. The van der Waals surface area contributed by atoms with Crippen molar-refractivity contribution in [3.63, 3.8) is 0 Å². The molecule has 4 N–H and O–H groups in total. The van der Waals surface area contributed by atoms with Crippen molar-refractivity contribution in [2.24, 2.45) is 16.9 Å². The van der Waals surface area contributed by atoms with Gasteiger partial charge >= 0.3 is 0 Å². The summed E-state index contributed by atoms with van der Waals surface area (Å²) >= 11 is 0. The lowest BCUT2D eigenvalue weighted by Crippen LogP contribution is -2.46. The van der Waals surface area contributed by atoms with Crippen LogP contribution in [-0.4, -0.2) is 6.54 Å². The third kappa shape index (κ3) is 1.77. The van der Waals surface area contributed by atoms with E-state index in [0.29, 0.717) is 6.54 Å². The topological polar surface area (TPSA) is 52.0 Å². The number of benzene rings is 1. The van der Waals surface area contributed by atoms with Gasteiger partial charge in [0.15, 0.2) is 0 Å². The Balaban J connectivity index is 2.23. The van der Waals surface area contributed by atoms with E-state index >= 15 is 0 Å². The summed E-state index contributed by atoms with van der Waals surface area (Å²) in [4.78, 5) is 0. The Morgan fingerprint density at radius 1 is 1.40 bits per heavy atom. The molecule has 0 bridgehead atoms. The summed E-state index contributed by atoms with van der Waals surface area (Å²) in [6.45, 7) is 0.588. The van der Waals surface area contributed by atoms with Gasteiger partial charge in [-0.15, -0.1) is 0 Å². The molecule has 0 spiro atoms. The second kappa shape index (κ2) is 3.91. The molecule has 1 aliphatic carbocycles. The van der Waals surface area contributed by atoms with Gasteiger partial charge in [-0.3, -0.25) is 0 Å².